The van der Waals surface area contributed by atoms with E-state index in [0.29, 0.717) is 10.8 Å². The van der Waals surface area contributed by atoms with E-state index in [2.05, 4.69) is 21.5 Å². The monoisotopic (exact) mass is 356 g/mol. The molecule has 0 aliphatic rings. The van der Waals surface area contributed by atoms with Crippen LogP contribution in [0.15, 0.2) is 48.8 Å². The molecule has 2 heterocycles. The van der Waals surface area contributed by atoms with Crippen LogP contribution >= 0.6 is 11.6 Å². The normalized spacial score (nSPS) is 10.5. The fourth-order valence-electron chi connectivity index (χ4n) is 2.34. The molecule has 1 amide bonds. The summed E-state index contributed by atoms with van der Waals surface area (Å²) in [6.07, 6.45) is 3.15. The Labute approximate surface area is 150 Å². The predicted octanol–water partition coefficient (Wildman–Crippen LogP) is 3.84. The molecule has 0 aliphatic heterocycles. The molecule has 1 N–H and O–H groups in total. The van der Waals surface area contributed by atoms with E-state index in [1.807, 2.05) is 26.0 Å². The summed E-state index contributed by atoms with van der Waals surface area (Å²) in [6, 6.07) is 10.9. The summed E-state index contributed by atoms with van der Waals surface area (Å²) in [5, 5.41) is 7.38. The summed E-state index contributed by atoms with van der Waals surface area (Å²) in [6.45, 7) is 4.25. The van der Waals surface area contributed by atoms with Crippen LogP contribution in [0, 0.1) is 13.8 Å². The molecule has 0 fully saturated rings. The largest absolute Gasteiger partial charge is 0.471 e. The number of hydrogen-bond acceptors (Lipinski definition) is 4. The van der Waals surface area contributed by atoms with Crippen LogP contribution in [0.5, 0.6) is 5.75 Å². The molecule has 1 aromatic carbocycles. The first kappa shape index (κ1) is 17.0. The maximum absolute atomic E-state index is 12.2. The van der Waals surface area contributed by atoms with Crippen molar-refractivity contribution in [3.05, 3.63) is 70.6 Å². The number of benzene rings is 1. The number of nitrogens with zero attached hydrogens (tertiary/aromatic N) is 3. The molecular weight excluding hydrogens is 340 g/mol. The average Bonchev–Trinajstić information content (AvgIpc) is 3.03. The molecule has 0 saturated heterocycles. The molecule has 0 unspecified atom stereocenters. The van der Waals surface area contributed by atoms with E-state index >= 15 is 0 Å². The van der Waals surface area contributed by atoms with Gasteiger partial charge in [0.25, 0.3) is 5.91 Å². The molecule has 0 aliphatic carbocycles. The molecule has 25 heavy (non-hydrogen) atoms. The maximum atomic E-state index is 12.2. The highest BCUT2D eigenvalue weighted by Gasteiger charge is 2.10. The topological polar surface area (TPSA) is 69.0 Å². The lowest BCUT2D eigenvalue weighted by molar-refractivity contribution is 0.102. The van der Waals surface area contributed by atoms with E-state index in [1.165, 1.54) is 6.20 Å². The number of halogens is 1. The smallest absolute Gasteiger partial charge is 0.277 e. The van der Waals surface area contributed by atoms with Crippen molar-refractivity contribution >= 4 is 23.3 Å². The van der Waals surface area contributed by atoms with E-state index in [-0.39, 0.29) is 18.3 Å². The molecule has 0 saturated carbocycles. The zero-order chi connectivity index (χ0) is 17.8. The Bertz CT molecular complexity index is 870. The summed E-state index contributed by atoms with van der Waals surface area (Å²) in [7, 11) is 0. The molecular formula is C18H17ClN4O2. The Morgan fingerprint density at radius 2 is 1.96 bits per heavy atom. The lowest BCUT2D eigenvalue weighted by atomic mass is 10.1. The van der Waals surface area contributed by atoms with Crippen LogP contribution in [-0.2, 0) is 6.73 Å². The number of carbonyl (C=O) groups excluding carboxylic acids is 1. The van der Waals surface area contributed by atoms with Crippen molar-refractivity contribution in [2.75, 3.05) is 5.32 Å². The van der Waals surface area contributed by atoms with E-state index in [0.717, 1.165) is 16.9 Å². The Morgan fingerprint density at radius 3 is 2.64 bits per heavy atom. The van der Waals surface area contributed by atoms with Gasteiger partial charge in [0.05, 0.1) is 5.02 Å². The number of aromatic nitrogens is 3. The van der Waals surface area contributed by atoms with Crippen LogP contribution in [0.2, 0.25) is 5.02 Å². The number of anilines is 1. The number of hydrogen-bond donors (Lipinski definition) is 1. The highest BCUT2D eigenvalue weighted by Crippen LogP contribution is 2.16. The molecule has 0 radical (unpaired) electrons. The van der Waals surface area contributed by atoms with Crippen LogP contribution in [-0.4, -0.2) is 20.7 Å². The fraction of sp³-hybridized carbons (Fsp3) is 0.167. The second-order valence-corrected chi connectivity index (χ2v) is 6.09. The fourth-order valence-corrected chi connectivity index (χ4v) is 2.45. The molecule has 0 spiro atoms. The van der Waals surface area contributed by atoms with Crippen LogP contribution in [0.25, 0.3) is 0 Å². The second kappa shape index (κ2) is 7.36. The summed E-state index contributed by atoms with van der Waals surface area (Å²) < 4.78 is 7.28. The molecule has 3 aromatic rings. The first-order chi connectivity index (χ1) is 12.0. The second-order valence-electron chi connectivity index (χ2n) is 5.65. The van der Waals surface area contributed by atoms with Gasteiger partial charge >= 0.3 is 0 Å². The van der Waals surface area contributed by atoms with Crippen molar-refractivity contribution < 1.29 is 9.53 Å². The van der Waals surface area contributed by atoms with E-state index < -0.39 is 0 Å². The van der Waals surface area contributed by atoms with Gasteiger partial charge < -0.3 is 10.1 Å². The van der Waals surface area contributed by atoms with Gasteiger partial charge in [0.2, 0.25) is 0 Å². The van der Waals surface area contributed by atoms with E-state index in [9.17, 15) is 4.79 Å². The Hall–Kier alpha value is -2.86. The number of pyridine rings is 1. The number of ether oxygens (including phenoxy) is 1. The third-order valence-electron chi connectivity index (χ3n) is 3.40. The Balaban J connectivity index is 1.61. The van der Waals surface area contributed by atoms with Crippen molar-refractivity contribution in [3.63, 3.8) is 0 Å². The summed E-state index contributed by atoms with van der Waals surface area (Å²) in [5.74, 6) is 0.833. The molecule has 0 bridgehead atoms. The lowest BCUT2D eigenvalue weighted by Gasteiger charge is -2.08. The number of amides is 1. The minimum Gasteiger partial charge on any atom is -0.471 e. The highest BCUT2D eigenvalue weighted by molar-refractivity contribution is 6.30. The van der Waals surface area contributed by atoms with E-state index in [1.54, 1.807) is 29.1 Å². The standard InChI is InChI=1S/C18H17ClN4O2/c1-12-7-13(2)9-15(8-12)25-11-23-6-5-16(22-23)18(24)21-17-4-3-14(19)10-20-17/h3-10H,11H2,1-2H3,(H,20,21,24). The van der Waals surface area contributed by atoms with Crippen LogP contribution in [0.3, 0.4) is 0 Å². The van der Waals surface area contributed by atoms with Crippen molar-refractivity contribution in [1.29, 1.82) is 0 Å². The van der Waals surface area contributed by atoms with Gasteiger partial charge in [-0.3, -0.25) is 4.79 Å². The molecule has 0 atom stereocenters. The number of aryl methyl sites for hydroxylation is 2. The third-order valence-corrected chi connectivity index (χ3v) is 3.62. The molecule has 7 heteroatoms. The first-order valence-corrected chi connectivity index (χ1v) is 8.05. The Morgan fingerprint density at radius 1 is 1.20 bits per heavy atom. The van der Waals surface area contributed by atoms with Gasteiger partial charge in [0, 0.05) is 12.4 Å². The Kier molecular flexibility index (Phi) is 5.00. The number of carbonyl (C=O) groups is 1. The number of nitrogens with one attached hydrogen (secondary N) is 1. The quantitative estimate of drug-likeness (QED) is 0.754. The molecule has 128 valence electrons. The van der Waals surface area contributed by atoms with Crippen molar-refractivity contribution in [1.82, 2.24) is 14.8 Å². The minimum absolute atomic E-state index is 0.218. The van der Waals surface area contributed by atoms with Gasteiger partial charge in [-0.1, -0.05) is 17.7 Å². The predicted molar refractivity (Wildman–Crippen MR) is 96.0 cm³/mol. The van der Waals surface area contributed by atoms with Gasteiger partial charge in [-0.25, -0.2) is 9.67 Å². The van der Waals surface area contributed by atoms with Crippen molar-refractivity contribution in [3.8, 4) is 5.75 Å². The average molecular weight is 357 g/mol. The van der Waals surface area contributed by atoms with Gasteiger partial charge in [-0.05, 0) is 55.3 Å². The zero-order valence-corrected chi connectivity index (χ0v) is 14.6. The first-order valence-electron chi connectivity index (χ1n) is 7.67. The lowest BCUT2D eigenvalue weighted by Crippen LogP contribution is -2.15. The van der Waals surface area contributed by atoms with Crippen LogP contribution in [0.1, 0.15) is 21.6 Å². The summed E-state index contributed by atoms with van der Waals surface area (Å²) in [4.78, 5) is 16.2. The van der Waals surface area contributed by atoms with Gasteiger partial charge in [-0.15, -0.1) is 0 Å². The van der Waals surface area contributed by atoms with Crippen LogP contribution in [0.4, 0.5) is 5.82 Å². The van der Waals surface area contributed by atoms with Gasteiger partial charge in [0.1, 0.15) is 11.6 Å². The van der Waals surface area contributed by atoms with Gasteiger partial charge in [-0.2, -0.15) is 5.10 Å². The maximum Gasteiger partial charge on any atom is 0.277 e. The van der Waals surface area contributed by atoms with Crippen molar-refractivity contribution in [2.24, 2.45) is 0 Å². The number of rotatable bonds is 5. The minimum atomic E-state index is -0.347. The summed E-state index contributed by atoms with van der Waals surface area (Å²) in [5.41, 5.74) is 2.54. The van der Waals surface area contributed by atoms with Crippen LogP contribution < -0.4 is 10.1 Å². The highest BCUT2D eigenvalue weighted by atomic mass is 35.5. The zero-order valence-electron chi connectivity index (χ0n) is 13.9. The third kappa shape index (κ3) is 4.58. The summed E-state index contributed by atoms with van der Waals surface area (Å²) >= 11 is 5.77. The molecule has 2 aromatic heterocycles. The molecule has 3 rings (SSSR count). The SMILES string of the molecule is Cc1cc(C)cc(OCn2ccc(C(=O)Nc3ccc(Cl)cn3)n2)c1. The van der Waals surface area contributed by atoms with E-state index in [4.69, 9.17) is 16.3 Å². The van der Waals surface area contributed by atoms with Crippen molar-refractivity contribution in [2.45, 2.75) is 20.6 Å². The van der Waals surface area contributed by atoms with Gasteiger partial charge in [0.15, 0.2) is 12.4 Å². The molecule has 6 nitrogen and oxygen atoms in total.